The standard InChI is InChI=1S/C11H11ClN2OS/c1-15-11-3-2-8(4-10(11)12)13-5-9-6-16-7-14-9/h2-4,6-7,13H,5H2,1H3. The maximum absolute atomic E-state index is 6.01. The van der Waals surface area contributed by atoms with E-state index >= 15 is 0 Å². The number of aromatic nitrogens is 1. The quantitative estimate of drug-likeness (QED) is 0.908. The Bertz CT molecular complexity index is 459. The minimum atomic E-state index is 0.603. The highest BCUT2D eigenvalue weighted by atomic mass is 35.5. The van der Waals surface area contributed by atoms with Gasteiger partial charge in [0.2, 0.25) is 0 Å². The Kier molecular flexibility index (Phi) is 3.64. The van der Waals surface area contributed by atoms with E-state index in [0.717, 1.165) is 11.4 Å². The zero-order chi connectivity index (χ0) is 11.4. The Hall–Kier alpha value is -1.26. The number of anilines is 1. The van der Waals surface area contributed by atoms with Crippen molar-refractivity contribution >= 4 is 28.6 Å². The molecule has 0 bridgehead atoms. The van der Waals surface area contributed by atoms with Crippen LogP contribution < -0.4 is 10.1 Å². The Balaban J connectivity index is 2.02. The van der Waals surface area contributed by atoms with Crippen LogP contribution in [0.15, 0.2) is 29.1 Å². The Morgan fingerprint density at radius 3 is 3.00 bits per heavy atom. The van der Waals surface area contributed by atoms with Gasteiger partial charge in [-0.3, -0.25) is 0 Å². The predicted molar refractivity (Wildman–Crippen MR) is 67.4 cm³/mol. The van der Waals surface area contributed by atoms with Gasteiger partial charge >= 0.3 is 0 Å². The lowest BCUT2D eigenvalue weighted by Gasteiger charge is -2.07. The Labute approximate surface area is 103 Å². The van der Waals surface area contributed by atoms with Gasteiger partial charge in [0.05, 0.1) is 29.9 Å². The van der Waals surface area contributed by atoms with Crippen molar-refractivity contribution in [3.8, 4) is 5.75 Å². The largest absolute Gasteiger partial charge is 0.495 e. The normalized spacial score (nSPS) is 10.1. The molecule has 2 aromatic rings. The van der Waals surface area contributed by atoms with Crippen molar-refractivity contribution in [3.05, 3.63) is 39.8 Å². The van der Waals surface area contributed by atoms with Crippen molar-refractivity contribution in [2.75, 3.05) is 12.4 Å². The van der Waals surface area contributed by atoms with Crippen LogP contribution in [0.3, 0.4) is 0 Å². The van der Waals surface area contributed by atoms with Crippen LogP contribution in [0.5, 0.6) is 5.75 Å². The molecule has 0 saturated heterocycles. The van der Waals surface area contributed by atoms with Crippen LogP contribution in [0.4, 0.5) is 5.69 Å². The van der Waals surface area contributed by atoms with Gasteiger partial charge in [0.15, 0.2) is 0 Å². The molecule has 0 aliphatic heterocycles. The van der Waals surface area contributed by atoms with Gasteiger partial charge < -0.3 is 10.1 Å². The molecule has 5 heteroatoms. The number of hydrogen-bond acceptors (Lipinski definition) is 4. The molecule has 1 aromatic heterocycles. The third-order valence-corrected chi connectivity index (χ3v) is 3.04. The smallest absolute Gasteiger partial charge is 0.137 e. The zero-order valence-corrected chi connectivity index (χ0v) is 10.3. The van der Waals surface area contributed by atoms with Gasteiger partial charge in [0, 0.05) is 11.1 Å². The summed E-state index contributed by atoms with van der Waals surface area (Å²) in [6.07, 6.45) is 0. The lowest BCUT2D eigenvalue weighted by Crippen LogP contribution is -1.99. The molecule has 1 aromatic carbocycles. The summed E-state index contributed by atoms with van der Waals surface area (Å²) in [5.41, 5.74) is 3.80. The highest BCUT2D eigenvalue weighted by Crippen LogP contribution is 2.27. The lowest BCUT2D eigenvalue weighted by molar-refractivity contribution is 0.415. The highest BCUT2D eigenvalue weighted by Gasteiger charge is 2.01. The van der Waals surface area contributed by atoms with Crippen LogP contribution in [-0.4, -0.2) is 12.1 Å². The molecule has 0 aliphatic rings. The van der Waals surface area contributed by atoms with E-state index in [1.54, 1.807) is 18.4 Å². The van der Waals surface area contributed by atoms with Crippen molar-refractivity contribution in [2.24, 2.45) is 0 Å². The van der Waals surface area contributed by atoms with Crippen LogP contribution in [0, 0.1) is 0 Å². The van der Waals surface area contributed by atoms with E-state index in [2.05, 4.69) is 10.3 Å². The number of nitrogens with one attached hydrogen (secondary N) is 1. The first-order valence-corrected chi connectivity index (χ1v) is 6.06. The highest BCUT2D eigenvalue weighted by molar-refractivity contribution is 7.07. The predicted octanol–water partition coefficient (Wildman–Crippen LogP) is 3.42. The van der Waals surface area contributed by atoms with E-state index in [9.17, 15) is 0 Å². The number of thiazole rings is 1. The van der Waals surface area contributed by atoms with Crippen molar-refractivity contribution in [3.63, 3.8) is 0 Å². The molecule has 0 spiro atoms. The molecule has 1 N–H and O–H groups in total. The van der Waals surface area contributed by atoms with Gasteiger partial charge in [0.25, 0.3) is 0 Å². The SMILES string of the molecule is COc1ccc(NCc2cscn2)cc1Cl. The topological polar surface area (TPSA) is 34.1 Å². The first-order chi connectivity index (χ1) is 7.79. The first kappa shape index (κ1) is 11.2. The van der Waals surface area contributed by atoms with Gasteiger partial charge in [-0.25, -0.2) is 4.98 Å². The summed E-state index contributed by atoms with van der Waals surface area (Å²) < 4.78 is 5.08. The minimum Gasteiger partial charge on any atom is -0.495 e. The van der Waals surface area contributed by atoms with Crippen LogP contribution in [-0.2, 0) is 6.54 Å². The summed E-state index contributed by atoms with van der Waals surface area (Å²) in [7, 11) is 1.60. The molecule has 0 unspecified atom stereocenters. The lowest BCUT2D eigenvalue weighted by atomic mass is 10.3. The summed E-state index contributed by atoms with van der Waals surface area (Å²) in [5.74, 6) is 0.681. The minimum absolute atomic E-state index is 0.603. The molecular formula is C11H11ClN2OS. The number of ether oxygens (including phenoxy) is 1. The number of methoxy groups -OCH3 is 1. The summed E-state index contributed by atoms with van der Waals surface area (Å²) in [5, 5.41) is 5.86. The fraction of sp³-hybridized carbons (Fsp3) is 0.182. The van der Waals surface area contributed by atoms with Crippen molar-refractivity contribution in [1.82, 2.24) is 4.98 Å². The maximum Gasteiger partial charge on any atom is 0.137 e. The summed E-state index contributed by atoms with van der Waals surface area (Å²) in [6, 6.07) is 5.61. The summed E-state index contributed by atoms with van der Waals surface area (Å²) in [6.45, 7) is 0.701. The summed E-state index contributed by atoms with van der Waals surface area (Å²) in [4.78, 5) is 4.19. The van der Waals surface area contributed by atoms with E-state index in [0.29, 0.717) is 17.3 Å². The number of halogens is 1. The van der Waals surface area contributed by atoms with E-state index in [4.69, 9.17) is 16.3 Å². The summed E-state index contributed by atoms with van der Waals surface area (Å²) >= 11 is 7.60. The molecule has 3 nitrogen and oxygen atoms in total. The molecule has 0 aliphatic carbocycles. The Morgan fingerprint density at radius 2 is 2.38 bits per heavy atom. The van der Waals surface area contributed by atoms with Crippen LogP contribution >= 0.6 is 22.9 Å². The van der Waals surface area contributed by atoms with E-state index < -0.39 is 0 Å². The average molecular weight is 255 g/mol. The van der Waals surface area contributed by atoms with Crippen molar-refractivity contribution in [2.45, 2.75) is 6.54 Å². The van der Waals surface area contributed by atoms with Crippen molar-refractivity contribution in [1.29, 1.82) is 0 Å². The second kappa shape index (κ2) is 5.18. The van der Waals surface area contributed by atoms with Crippen LogP contribution in [0.25, 0.3) is 0 Å². The molecule has 0 saturated carbocycles. The zero-order valence-electron chi connectivity index (χ0n) is 8.74. The van der Waals surface area contributed by atoms with Crippen molar-refractivity contribution < 1.29 is 4.74 Å². The van der Waals surface area contributed by atoms with Gasteiger partial charge in [0.1, 0.15) is 5.75 Å². The van der Waals surface area contributed by atoms with Crippen LogP contribution in [0.1, 0.15) is 5.69 Å². The number of benzene rings is 1. The molecule has 0 atom stereocenters. The third kappa shape index (κ3) is 2.65. The third-order valence-electron chi connectivity index (χ3n) is 2.11. The number of nitrogens with zero attached hydrogens (tertiary/aromatic N) is 1. The van der Waals surface area contributed by atoms with E-state index in [-0.39, 0.29) is 0 Å². The fourth-order valence-electron chi connectivity index (χ4n) is 1.29. The van der Waals surface area contributed by atoms with Gasteiger partial charge in [-0.05, 0) is 18.2 Å². The number of rotatable bonds is 4. The molecule has 0 radical (unpaired) electrons. The average Bonchev–Trinajstić information content (AvgIpc) is 2.79. The van der Waals surface area contributed by atoms with Crippen LogP contribution in [0.2, 0.25) is 5.02 Å². The first-order valence-electron chi connectivity index (χ1n) is 4.74. The second-order valence-electron chi connectivity index (χ2n) is 3.18. The van der Waals surface area contributed by atoms with Gasteiger partial charge in [-0.2, -0.15) is 0 Å². The fourth-order valence-corrected chi connectivity index (χ4v) is 2.11. The second-order valence-corrected chi connectivity index (χ2v) is 4.31. The molecular weight excluding hydrogens is 244 g/mol. The monoisotopic (exact) mass is 254 g/mol. The molecule has 2 rings (SSSR count). The molecule has 84 valence electrons. The maximum atomic E-state index is 6.01. The van der Waals surface area contributed by atoms with E-state index in [1.807, 2.05) is 29.1 Å². The molecule has 0 amide bonds. The van der Waals surface area contributed by atoms with E-state index in [1.165, 1.54) is 0 Å². The molecule has 0 fully saturated rings. The Morgan fingerprint density at radius 1 is 1.50 bits per heavy atom. The van der Waals surface area contributed by atoms with Gasteiger partial charge in [-0.1, -0.05) is 11.6 Å². The number of hydrogen-bond donors (Lipinski definition) is 1. The molecule has 1 heterocycles. The molecule has 16 heavy (non-hydrogen) atoms. The van der Waals surface area contributed by atoms with Gasteiger partial charge in [-0.15, -0.1) is 11.3 Å².